The van der Waals surface area contributed by atoms with Crippen molar-refractivity contribution in [2.24, 2.45) is 0 Å². The highest BCUT2D eigenvalue weighted by Gasteiger charge is 2.16. The minimum absolute atomic E-state index is 0.119. The number of nitrogens with one attached hydrogen (secondary N) is 1. The van der Waals surface area contributed by atoms with Crippen molar-refractivity contribution in [2.45, 2.75) is 37.5 Å². The number of hydrogen-bond acceptors (Lipinski definition) is 4. The summed E-state index contributed by atoms with van der Waals surface area (Å²) in [6.07, 6.45) is 3.06. The highest BCUT2D eigenvalue weighted by Crippen LogP contribution is 2.20. The Morgan fingerprint density at radius 1 is 1.25 bits per heavy atom. The highest BCUT2D eigenvalue weighted by molar-refractivity contribution is 7.89. The van der Waals surface area contributed by atoms with Gasteiger partial charge in [0, 0.05) is 24.4 Å². The van der Waals surface area contributed by atoms with Crippen LogP contribution in [0.5, 0.6) is 0 Å². The van der Waals surface area contributed by atoms with Crippen LogP contribution in [-0.2, 0) is 10.0 Å². The topological polar surface area (TPSA) is 92.4 Å². The summed E-state index contributed by atoms with van der Waals surface area (Å²) >= 11 is 0. The quantitative estimate of drug-likeness (QED) is 0.502. The van der Waals surface area contributed by atoms with E-state index in [1.165, 1.54) is 13.0 Å². The molecular weight excluding hydrogens is 283 g/mol. The normalized spacial score (nSPS) is 11.8. The van der Waals surface area contributed by atoms with Gasteiger partial charge in [0.1, 0.15) is 5.82 Å². The summed E-state index contributed by atoms with van der Waals surface area (Å²) in [5.74, 6) is -0.631. The third-order valence-corrected chi connectivity index (χ3v) is 4.49. The molecule has 20 heavy (non-hydrogen) atoms. The summed E-state index contributed by atoms with van der Waals surface area (Å²) in [5.41, 5.74) is 5.93. The molecule has 0 aromatic heterocycles. The molecule has 0 aliphatic heterocycles. The van der Waals surface area contributed by atoms with Gasteiger partial charge in [-0.05, 0) is 31.9 Å². The van der Waals surface area contributed by atoms with Crippen LogP contribution in [0.15, 0.2) is 17.0 Å². The number of sulfonamides is 1. The average Bonchev–Trinajstić information content (AvgIpc) is 2.39. The first kappa shape index (κ1) is 16.9. The lowest BCUT2D eigenvalue weighted by Gasteiger charge is -2.09. The fraction of sp³-hybridized carbons (Fsp3) is 0.538. The summed E-state index contributed by atoms with van der Waals surface area (Å²) < 4.78 is 39.8. The lowest BCUT2D eigenvalue weighted by atomic mass is 10.2. The number of unbranched alkanes of at least 4 members (excludes halogenated alkanes) is 3. The zero-order valence-corrected chi connectivity index (χ0v) is 12.3. The van der Waals surface area contributed by atoms with Crippen molar-refractivity contribution in [1.82, 2.24) is 4.72 Å². The van der Waals surface area contributed by atoms with Crippen molar-refractivity contribution < 1.29 is 17.9 Å². The predicted molar refractivity (Wildman–Crippen MR) is 76.3 cm³/mol. The number of nitrogen functional groups attached to an aromatic ring is 1. The number of hydrogen-bond donors (Lipinski definition) is 3. The first-order valence-corrected chi connectivity index (χ1v) is 8.03. The smallest absolute Gasteiger partial charge is 0.240 e. The Hall–Kier alpha value is -1.18. The lowest BCUT2D eigenvalue weighted by Crippen LogP contribution is -2.25. The number of halogens is 1. The Morgan fingerprint density at radius 2 is 1.90 bits per heavy atom. The molecule has 0 bridgehead atoms. The Balaban J connectivity index is 2.61. The van der Waals surface area contributed by atoms with Crippen LogP contribution in [0.2, 0.25) is 0 Å². The van der Waals surface area contributed by atoms with E-state index in [1.54, 1.807) is 0 Å². The van der Waals surface area contributed by atoms with Crippen molar-refractivity contribution in [1.29, 1.82) is 0 Å². The molecule has 4 N–H and O–H groups in total. The van der Waals surface area contributed by atoms with E-state index in [0.29, 0.717) is 12.8 Å². The minimum Gasteiger partial charge on any atom is -0.398 e. The summed E-state index contributed by atoms with van der Waals surface area (Å²) in [5, 5.41) is 8.62. The maximum Gasteiger partial charge on any atom is 0.240 e. The predicted octanol–water partition coefficient (Wildman–Crippen LogP) is 1.55. The summed E-state index contributed by atoms with van der Waals surface area (Å²) in [4.78, 5) is -0.159. The molecule has 0 fully saturated rings. The van der Waals surface area contributed by atoms with E-state index < -0.39 is 15.8 Å². The number of benzene rings is 1. The van der Waals surface area contributed by atoms with Crippen molar-refractivity contribution in [3.05, 3.63) is 23.5 Å². The number of aliphatic hydroxyl groups excluding tert-OH is 1. The molecule has 5 nitrogen and oxygen atoms in total. The standard InChI is InChI=1S/C13H21FN2O3S/c1-10-12(14)8-11(9-13(10)15)20(18,19)16-6-4-2-3-5-7-17/h8-9,16-17H,2-7,15H2,1H3. The van der Waals surface area contributed by atoms with Crippen molar-refractivity contribution in [2.75, 3.05) is 18.9 Å². The van der Waals surface area contributed by atoms with Gasteiger partial charge in [-0.15, -0.1) is 0 Å². The molecule has 0 aliphatic rings. The SMILES string of the molecule is Cc1c(N)cc(S(=O)(=O)NCCCCCCO)cc1F. The van der Waals surface area contributed by atoms with E-state index in [1.807, 2.05) is 0 Å². The number of anilines is 1. The Labute approximate surface area is 119 Å². The van der Waals surface area contributed by atoms with Gasteiger partial charge in [-0.2, -0.15) is 0 Å². The minimum atomic E-state index is -3.73. The highest BCUT2D eigenvalue weighted by atomic mass is 32.2. The van der Waals surface area contributed by atoms with Crippen LogP contribution >= 0.6 is 0 Å². The van der Waals surface area contributed by atoms with Gasteiger partial charge in [-0.1, -0.05) is 12.8 Å². The molecule has 0 aliphatic carbocycles. The first-order chi connectivity index (χ1) is 9.38. The molecule has 114 valence electrons. The Morgan fingerprint density at radius 3 is 2.50 bits per heavy atom. The maximum atomic E-state index is 13.5. The molecule has 1 aromatic rings. The van der Waals surface area contributed by atoms with Crippen molar-refractivity contribution in [3.63, 3.8) is 0 Å². The Kier molecular flexibility index (Phi) is 6.38. The van der Waals surface area contributed by atoms with Gasteiger partial charge in [-0.25, -0.2) is 17.5 Å². The molecule has 1 aromatic carbocycles. The molecular formula is C13H21FN2O3S. The van der Waals surface area contributed by atoms with E-state index in [0.717, 1.165) is 18.9 Å². The van der Waals surface area contributed by atoms with Crippen molar-refractivity contribution >= 4 is 15.7 Å². The molecule has 0 saturated heterocycles. The van der Waals surface area contributed by atoms with Crippen LogP contribution in [0.1, 0.15) is 31.2 Å². The van der Waals surface area contributed by atoms with E-state index in [-0.39, 0.29) is 29.3 Å². The fourth-order valence-corrected chi connectivity index (χ4v) is 2.83. The Bertz CT molecular complexity index is 524. The van der Waals surface area contributed by atoms with E-state index in [4.69, 9.17) is 10.8 Å². The summed E-state index contributed by atoms with van der Waals surface area (Å²) in [7, 11) is -3.73. The van der Waals surface area contributed by atoms with Crippen LogP contribution in [-0.4, -0.2) is 26.7 Å². The van der Waals surface area contributed by atoms with Gasteiger partial charge in [-0.3, -0.25) is 0 Å². The molecule has 0 saturated carbocycles. The van der Waals surface area contributed by atoms with E-state index in [2.05, 4.69) is 4.72 Å². The van der Waals surface area contributed by atoms with Gasteiger partial charge in [0.15, 0.2) is 0 Å². The van der Waals surface area contributed by atoms with Gasteiger partial charge >= 0.3 is 0 Å². The molecule has 7 heteroatoms. The van der Waals surface area contributed by atoms with Crippen LogP contribution in [0, 0.1) is 12.7 Å². The zero-order chi connectivity index (χ0) is 15.2. The summed E-state index contributed by atoms with van der Waals surface area (Å²) in [6.45, 7) is 1.92. The van der Waals surface area contributed by atoms with Crippen molar-refractivity contribution in [3.8, 4) is 0 Å². The average molecular weight is 304 g/mol. The van der Waals surface area contributed by atoms with Gasteiger partial charge < -0.3 is 10.8 Å². The van der Waals surface area contributed by atoms with Gasteiger partial charge in [0.25, 0.3) is 0 Å². The largest absolute Gasteiger partial charge is 0.398 e. The number of nitrogens with two attached hydrogens (primary N) is 1. The van der Waals surface area contributed by atoms with Gasteiger partial charge in [0.05, 0.1) is 4.90 Å². The third-order valence-electron chi connectivity index (χ3n) is 3.05. The molecule has 0 spiro atoms. The molecule has 1 rings (SSSR count). The van der Waals surface area contributed by atoms with E-state index in [9.17, 15) is 12.8 Å². The monoisotopic (exact) mass is 304 g/mol. The number of aliphatic hydroxyl groups is 1. The molecule has 0 amide bonds. The first-order valence-electron chi connectivity index (χ1n) is 6.54. The lowest BCUT2D eigenvalue weighted by molar-refractivity contribution is 0.282. The van der Waals surface area contributed by atoms with Gasteiger partial charge in [0.2, 0.25) is 10.0 Å². The second kappa shape index (κ2) is 7.56. The molecule has 0 unspecified atom stereocenters. The van der Waals surface area contributed by atoms with Crippen LogP contribution in [0.25, 0.3) is 0 Å². The van der Waals surface area contributed by atoms with Crippen LogP contribution < -0.4 is 10.5 Å². The fourth-order valence-electron chi connectivity index (χ4n) is 1.71. The molecule has 0 atom stereocenters. The van der Waals surface area contributed by atoms with Crippen LogP contribution in [0.4, 0.5) is 10.1 Å². The third kappa shape index (κ3) is 4.73. The van der Waals surface area contributed by atoms with E-state index >= 15 is 0 Å². The number of rotatable bonds is 8. The molecule has 0 radical (unpaired) electrons. The zero-order valence-electron chi connectivity index (χ0n) is 11.5. The molecule has 0 heterocycles. The summed E-state index contributed by atoms with van der Waals surface area (Å²) in [6, 6.07) is 2.23. The second-order valence-corrected chi connectivity index (χ2v) is 6.42. The maximum absolute atomic E-state index is 13.5. The van der Waals surface area contributed by atoms with Crippen LogP contribution in [0.3, 0.4) is 0 Å². The second-order valence-electron chi connectivity index (χ2n) is 4.65.